The molecular formula is C15H27N3O2. The maximum absolute atomic E-state index is 12.1. The lowest BCUT2D eigenvalue weighted by Gasteiger charge is -2.30. The average Bonchev–Trinajstić information content (AvgIpc) is 2.38. The predicted molar refractivity (Wildman–Crippen MR) is 78.3 cm³/mol. The van der Waals surface area contributed by atoms with E-state index < -0.39 is 0 Å². The third-order valence-corrected chi connectivity index (χ3v) is 4.24. The van der Waals surface area contributed by atoms with Gasteiger partial charge in [-0.15, -0.1) is 0 Å². The molecule has 2 amide bonds. The van der Waals surface area contributed by atoms with E-state index in [2.05, 4.69) is 17.6 Å². The lowest BCUT2D eigenvalue weighted by Crippen LogP contribution is -2.49. The molecule has 2 rings (SSSR count). The van der Waals surface area contributed by atoms with E-state index in [-0.39, 0.29) is 24.4 Å². The molecule has 2 fully saturated rings. The first-order valence-electron chi connectivity index (χ1n) is 7.95. The Bertz CT molecular complexity index is 346. The van der Waals surface area contributed by atoms with Crippen molar-refractivity contribution in [2.24, 2.45) is 0 Å². The van der Waals surface area contributed by atoms with E-state index in [0.717, 1.165) is 51.6 Å². The average molecular weight is 281 g/mol. The number of likely N-dealkylation sites (tertiary alicyclic amines) is 1. The molecule has 0 spiro atoms. The van der Waals surface area contributed by atoms with Crippen LogP contribution in [0.4, 0.5) is 0 Å². The molecule has 2 N–H and O–H groups in total. The van der Waals surface area contributed by atoms with Crippen LogP contribution in [-0.2, 0) is 9.59 Å². The number of rotatable bonds is 3. The van der Waals surface area contributed by atoms with Gasteiger partial charge in [-0.25, -0.2) is 0 Å². The maximum atomic E-state index is 12.1. The van der Waals surface area contributed by atoms with Gasteiger partial charge in [0.15, 0.2) is 0 Å². The summed E-state index contributed by atoms with van der Waals surface area (Å²) in [6.07, 6.45) is 6.82. The standard InChI is InChI=1S/C15H27N3O2/c1-12-10-13(7-8-16-12)17-14(19)11-18-9-5-3-2-4-6-15(18)20/h12-13,16H,2-11H2,1H3,(H,17,19). The van der Waals surface area contributed by atoms with Crippen molar-refractivity contribution in [3.05, 3.63) is 0 Å². The summed E-state index contributed by atoms with van der Waals surface area (Å²) >= 11 is 0. The number of nitrogens with one attached hydrogen (secondary N) is 2. The zero-order valence-electron chi connectivity index (χ0n) is 12.5. The molecule has 0 aromatic rings. The fraction of sp³-hybridized carbons (Fsp3) is 0.867. The number of carbonyl (C=O) groups excluding carboxylic acids is 2. The molecule has 0 saturated carbocycles. The van der Waals surface area contributed by atoms with Gasteiger partial charge in [-0.1, -0.05) is 12.8 Å². The van der Waals surface area contributed by atoms with Crippen LogP contribution in [0.3, 0.4) is 0 Å². The lowest BCUT2D eigenvalue weighted by molar-refractivity contribution is -0.136. The second kappa shape index (κ2) is 7.62. The van der Waals surface area contributed by atoms with Crippen LogP contribution in [0.2, 0.25) is 0 Å². The highest BCUT2D eigenvalue weighted by Gasteiger charge is 2.22. The van der Waals surface area contributed by atoms with Crippen molar-refractivity contribution in [2.45, 2.75) is 64.0 Å². The van der Waals surface area contributed by atoms with Crippen LogP contribution in [0.5, 0.6) is 0 Å². The van der Waals surface area contributed by atoms with Gasteiger partial charge < -0.3 is 15.5 Å². The molecule has 2 aliphatic rings. The number of carbonyl (C=O) groups is 2. The largest absolute Gasteiger partial charge is 0.352 e. The molecular weight excluding hydrogens is 254 g/mol. The van der Waals surface area contributed by atoms with Gasteiger partial charge in [0.25, 0.3) is 0 Å². The summed E-state index contributed by atoms with van der Waals surface area (Å²) in [6.45, 7) is 4.06. The first-order valence-corrected chi connectivity index (χ1v) is 7.95. The van der Waals surface area contributed by atoms with E-state index in [9.17, 15) is 9.59 Å². The Balaban J connectivity index is 1.78. The Morgan fingerprint density at radius 3 is 2.95 bits per heavy atom. The van der Waals surface area contributed by atoms with Crippen molar-refractivity contribution in [2.75, 3.05) is 19.6 Å². The zero-order chi connectivity index (χ0) is 14.4. The fourth-order valence-corrected chi connectivity index (χ4v) is 3.09. The molecule has 5 nitrogen and oxygen atoms in total. The van der Waals surface area contributed by atoms with Crippen molar-refractivity contribution in [1.82, 2.24) is 15.5 Å². The fourth-order valence-electron chi connectivity index (χ4n) is 3.09. The Hall–Kier alpha value is -1.10. The van der Waals surface area contributed by atoms with Crippen molar-refractivity contribution < 1.29 is 9.59 Å². The van der Waals surface area contributed by atoms with Gasteiger partial charge in [-0.2, -0.15) is 0 Å². The summed E-state index contributed by atoms with van der Waals surface area (Å²) in [4.78, 5) is 25.8. The minimum Gasteiger partial charge on any atom is -0.352 e. The Kier molecular flexibility index (Phi) is 5.83. The minimum atomic E-state index is -0.00183. The highest BCUT2D eigenvalue weighted by atomic mass is 16.2. The van der Waals surface area contributed by atoms with Crippen LogP contribution in [-0.4, -0.2) is 48.4 Å². The van der Waals surface area contributed by atoms with Crippen LogP contribution in [0.1, 0.15) is 51.9 Å². The summed E-state index contributed by atoms with van der Waals surface area (Å²) in [6, 6.07) is 0.709. The molecule has 0 aromatic carbocycles. The highest BCUT2D eigenvalue weighted by molar-refractivity contribution is 5.85. The second-order valence-corrected chi connectivity index (χ2v) is 6.12. The van der Waals surface area contributed by atoms with E-state index >= 15 is 0 Å². The Morgan fingerprint density at radius 2 is 2.15 bits per heavy atom. The van der Waals surface area contributed by atoms with Crippen molar-refractivity contribution in [1.29, 1.82) is 0 Å². The molecule has 0 bridgehead atoms. The molecule has 5 heteroatoms. The molecule has 0 radical (unpaired) electrons. The smallest absolute Gasteiger partial charge is 0.239 e. The van der Waals surface area contributed by atoms with Gasteiger partial charge in [-0.3, -0.25) is 9.59 Å². The second-order valence-electron chi connectivity index (χ2n) is 6.12. The van der Waals surface area contributed by atoms with Gasteiger partial charge in [0.1, 0.15) is 0 Å². The SMILES string of the molecule is CC1CC(NC(=O)CN2CCCCCCC2=O)CCN1. The number of amides is 2. The van der Waals surface area contributed by atoms with Crippen LogP contribution >= 0.6 is 0 Å². The number of hydrogen-bond donors (Lipinski definition) is 2. The molecule has 114 valence electrons. The van der Waals surface area contributed by atoms with Crippen LogP contribution < -0.4 is 10.6 Å². The topological polar surface area (TPSA) is 61.4 Å². The van der Waals surface area contributed by atoms with Crippen LogP contribution in [0, 0.1) is 0 Å². The van der Waals surface area contributed by atoms with E-state index in [1.807, 2.05) is 0 Å². The van der Waals surface area contributed by atoms with Gasteiger partial charge in [-0.05, 0) is 39.2 Å². The van der Waals surface area contributed by atoms with Gasteiger partial charge in [0.05, 0.1) is 6.54 Å². The van der Waals surface area contributed by atoms with Crippen LogP contribution in [0.15, 0.2) is 0 Å². The normalized spacial score (nSPS) is 28.6. The highest BCUT2D eigenvalue weighted by Crippen LogP contribution is 2.12. The summed E-state index contributed by atoms with van der Waals surface area (Å²) in [5, 5.41) is 6.45. The first kappa shape index (κ1) is 15.3. The molecule has 2 aliphatic heterocycles. The van der Waals surface area contributed by atoms with Crippen LogP contribution in [0.25, 0.3) is 0 Å². The molecule has 0 aromatic heterocycles. The monoisotopic (exact) mass is 281 g/mol. The van der Waals surface area contributed by atoms with E-state index in [1.165, 1.54) is 0 Å². The summed E-state index contributed by atoms with van der Waals surface area (Å²) in [5.41, 5.74) is 0. The van der Waals surface area contributed by atoms with Gasteiger partial charge in [0.2, 0.25) is 11.8 Å². The molecule has 2 heterocycles. The zero-order valence-corrected chi connectivity index (χ0v) is 12.5. The molecule has 0 aliphatic carbocycles. The number of piperidine rings is 1. The summed E-state index contributed by atoms with van der Waals surface area (Å²) in [5.74, 6) is 0.136. The third kappa shape index (κ3) is 4.78. The van der Waals surface area contributed by atoms with E-state index in [4.69, 9.17) is 0 Å². The molecule has 2 unspecified atom stereocenters. The number of nitrogens with zero attached hydrogens (tertiary/aromatic N) is 1. The molecule has 20 heavy (non-hydrogen) atoms. The lowest BCUT2D eigenvalue weighted by atomic mass is 10.0. The predicted octanol–water partition coefficient (Wildman–Crippen LogP) is 1.04. The first-order chi connectivity index (χ1) is 9.65. The van der Waals surface area contributed by atoms with E-state index in [1.54, 1.807) is 4.90 Å². The van der Waals surface area contributed by atoms with Gasteiger partial charge >= 0.3 is 0 Å². The summed E-state index contributed by atoms with van der Waals surface area (Å²) < 4.78 is 0. The Morgan fingerprint density at radius 1 is 1.35 bits per heavy atom. The van der Waals surface area contributed by atoms with Crippen molar-refractivity contribution >= 4 is 11.8 Å². The minimum absolute atomic E-state index is 0.00183. The third-order valence-electron chi connectivity index (χ3n) is 4.24. The number of hydrogen-bond acceptors (Lipinski definition) is 3. The Labute approximate surface area is 121 Å². The molecule has 2 atom stereocenters. The summed E-state index contributed by atoms with van der Waals surface area (Å²) in [7, 11) is 0. The van der Waals surface area contributed by atoms with Crippen molar-refractivity contribution in [3.8, 4) is 0 Å². The van der Waals surface area contributed by atoms with Crippen molar-refractivity contribution in [3.63, 3.8) is 0 Å². The quantitative estimate of drug-likeness (QED) is 0.812. The maximum Gasteiger partial charge on any atom is 0.239 e. The molecule has 2 saturated heterocycles. The van der Waals surface area contributed by atoms with E-state index in [0.29, 0.717) is 12.5 Å². The van der Waals surface area contributed by atoms with Gasteiger partial charge in [0, 0.05) is 25.0 Å².